The predicted octanol–water partition coefficient (Wildman–Crippen LogP) is 2.58. The van der Waals surface area contributed by atoms with Crippen molar-refractivity contribution in [3.05, 3.63) is 29.0 Å². The molecule has 2 aromatic rings. The van der Waals surface area contributed by atoms with Gasteiger partial charge in [-0.1, -0.05) is 11.6 Å². The number of hydrogen-bond acceptors (Lipinski definition) is 2. The maximum Gasteiger partial charge on any atom is 0.142 e. The van der Waals surface area contributed by atoms with Gasteiger partial charge in [0.05, 0.1) is 16.1 Å². The monoisotopic (exact) mass is 205 g/mol. The van der Waals surface area contributed by atoms with Crippen molar-refractivity contribution in [2.45, 2.75) is 13.5 Å². The summed E-state index contributed by atoms with van der Waals surface area (Å²) in [5.41, 5.74) is 2.03. The van der Waals surface area contributed by atoms with Crippen molar-refractivity contribution < 1.29 is 0 Å². The number of halogens is 1. The second kappa shape index (κ2) is 3.32. The van der Waals surface area contributed by atoms with Crippen LogP contribution in [0.3, 0.4) is 0 Å². The molecule has 0 saturated heterocycles. The van der Waals surface area contributed by atoms with Gasteiger partial charge in [-0.3, -0.25) is 0 Å². The number of aryl methyl sites for hydroxylation is 1. The van der Waals surface area contributed by atoms with E-state index >= 15 is 0 Å². The quantitative estimate of drug-likeness (QED) is 0.718. The van der Waals surface area contributed by atoms with Crippen molar-refractivity contribution in [1.82, 2.24) is 9.55 Å². The van der Waals surface area contributed by atoms with Crippen LogP contribution >= 0.6 is 11.6 Å². The molecule has 0 saturated carbocycles. The zero-order valence-electron chi connectivity index (χ0n) is 7.66. The number of nitriles is 1. The molecule has 0 aliphatic heterocycles. The van der Waals surface area contributed by atoms with Gasteiger partial charge in [0.2, 0.25) is 0 Å². The molecule has 0 N–H and O–H groups in total. The zero-order valence-corrected chi connectivity index (χ0v) is 8.41. The van der Waals surface area contributed by atoms with E-state index in [2.05, 4.69) is 4.98 Å². The van der Waals surface area contributed by atoms with Gasteiger partial charge in [0.1, 0.15) is 11.8 Å². The number of rotatable bonds is 1. The van der Waals surface area contributed by atoms with E-state index in [1.807, 2.05) is 29.8 Å². The Hall–Kier alpha value is -1.53. The standard InChI is InChI=1S/C10H8ClN3/c1-2-14-4-3-9-10(14)8(11)5-7(6-12)13-9/h3-5H,2H2,1H3. The van der Waals surface area contributed by atoms with E-state index < -0.39 is 0 Å². The molecular weight excluding hydrogens is 198 g/mol. The normalized spacial score (nSPS) is 10.4. The molecule has 0 amide bonds. The summed E-state index contributed by atoms with van der Waals surface area (Å²) in [6.45, 7) is 2.88. The molecule has 2 rings (SSSR count). The molecule has 2 aromatic heterocycles. The molecule has 70 valence electrons. The Bertz CT molecular complexity index is 522. The first-order valence-corrected chi connectivity index (χ1v) is 4.69. The van der Waals surface area contributed by atoms with E-state index in [4.69, 9.17) is 16.9 Å². The molecule has 2 heterocycles. The van der Waals surface area contributed by atoms with Crippen molar-refractivity contribution in [2.24, 2.45) is 0 Å². The first-order valence-electron chi connectivity index (χ1n) is 4.31. The highest BCUT2D eigenvalue weighted by Gasteiger charge is 2.07. The Kier molecular flexibility index (Phi) is 2.14. The minimum Gasteiger partial charge on any atom is -0.345 e. The molecule has 0 spiro atoms. The lowest BCUT2D eigenvalue weighted by Gasteiger charge is -2.02. The average Bonchev–Trinajstić information content (AvgIpc) is 2.61. The molecule has 0 fully saturated rings. The SMILES string of the molecule is CCn1ccc2nc(C#N)cc(Cl)c21. The summed E-state index contributed by atoms with van der Waals surface area (Å²) in [6, 6.07) is 5.44. The van der Waals surface area contributed by atoms with E-state index in [0.717, 1.165) is 17.6 Å². The second-order valence-electron chi connectivity index (χ2n) is 2.94. The van der Waals surface area contributed by atoms with E-state index in [-0.39, 0.29) is 0 Å². The van der Waals surface area contributed by atoms with Crippen LogP contribution in [0.25, 0.3) is 11.0 Å². The third-order valence-corrected chi connectivity index (χ3v) is 2.42. The molecular formula is C10H8ClN3. The highest BCUT2D eigenvalue weighted by molar-refractivity contribution is 6.35. The van der Waals surface area contributed by atoms with Gasteiger partial charge in [0.15, 0.2) is 0 Å². The zero-order chi connectivity index (χ0) is 10.1. The van der Waals surface area contributed by atoms with Crippen LogP contribution in [0, 0.1) is 11.3 Å². The van der Waals surface area contributed by atoms with Crippen LogP contribution in [0.1, 0.15) is 12.6 Å². The van der Waals surface area contributed by atoms with E-state index in [1.54, 1.807) is 6.07 Å². The van der Waals surface area contributed by atoms with E-state index in [0.29, 0.717) is 10.7 Å². The summed E-state index contributed by atoms with van der Waals surface area (Å²) in [4.78, 5) is 4.16. The fourth-order valence-electron chi connectivity index (χ4n) is 1.48. The van der Waals surface area contributed by atoms with Gasteiger partial charge in [-0.25, -0.2) is 4.98 Å². The Labute approximate surface area is 86.5 Å². The predicted molar refractivity (Wildman–Crippen MR) is 55.1 cm³/mol. The van der Waals surface area contributed by atoms with E-state index in [1.165, 1.54) is 0 Å². The third-order valence-electron chi connectivity index (χ3n) is 2.13. The van der Waals surface area contributed by atoms with Crippen LogP contribution in [0.5, 0.6) is 0 Å². The average molecular weight is 206 g/mol. The Morgan fingerprint density at radius 3 is 3.07 bits per heavy atom. The largest absolute Gasteiger partial charge is 0.345 e. The van der Waals surface area contributed by atoms with Gasteiger partial charge in [-0.2, -0.15) is 5.26 Å². The first kappa shape index (κ1) is 9.04. The lowest BCUT2D eigenvalue weighted by atomic mass is 10.3. The molecule has 4 heteroatoms. The topological polar surface area (TPSA) is 41.6 Å². The maximum atomic E-state index is 8.71. The summed E-state index contributed by atoms with van der Waals surface area (Å²) in [5, 5.41) is 9.29. The maximum absolute atomic E-state index is 8.71. The molecule has 0 aliphatic carbocycles. The van der Waals surface area contributed by atoms with E-state index in [9.17, 15) is 0 Å². The van der Waals surface area contributed by atoms with Crippen molar-refractivity contribution in [3.63, 3.8) is 0 Å². The van der Waals surface area contributed by atoms with Crippen LogP contribution in [0.2, 0.25) is 5.02 Å². The van der Waals surface area contributed by atoms with Gasteiger partial charge < -0.3 is 4.57 Å². The Balaban J connectivity index is 2.80. The van der Waals surface area contributed by atoms with Crippen molar-refractivity contribution in [3.8, 4) is 6.07 Å². The molecule has 14 heavy (non-hydrogen) atoms. The van der Waals surface area contributed by atoms with Crippen molar-refractivity contribution in [1.29, 1.82) is 5.26 Å². The van der Waals surface area contributed by atoms with Gasteiger partial charge in [-0.15, -0.1) is 0 Å². The number of aromatic nitrogens is 2. The third kappa shape index (κ3) is 1.24. The second-order valence-corrected chi connectivity index (χ2v) is 3.34. The lowest BCUT2D eigenvalue weighted by molar-refractivity contribution is 0.797. The summed E-state index contributed by atoms with van der Waals surface area (Å²) in [7, 11) is 0. The van der Waals surface area contributed by atoms with Crippen LogP contribution in [0.15, 0.2) is 18.3 Å². The van der Waals surface area contributed by atoms with Gasteiger partial charge in [0.25, 0.3) is 0 Å². The number of fused-ring (bicyclic) bond motifs is 1. The highest BCUT2D eigenvalue weighted by atomic mass is 35.5. The smallest absolute Gasteiger partial charge is 0.142 e. The van der Waals surface area contributed by atoms with Gasteiger partial charge in [0, 0.05) is 12.7 Å². The van der Waals surface area contributed by atoms with Gasteiger partial charge >= 0.3 is 0 Å². The van der Waals surface area contributed by atoms with Crippen LogP contribution < -0.4 is 0 Å². The Morgan fingerprint density at radius 1 is 1.64 bits per heavy atom. The fraction of sp³-hybridized carbons (Fsp3) is 0.200. The van der Waals surface area contributed by atoms with Crippen molar-refractivity contribution >= 4 is 22.6 Å². The number of nitrogens with zero attached hydrogens (tertiary/aromatic N) is 3. The molecule has 3 nitrogen and oxygen atoms in total. The summed E-state index contributed by atoms with van der Waals surface area (Å²) < 4.78 is 2.01. The molecule has 0 aromatic carbocycles. The summed E-state index contributed by atoms with van der Waals surface area (Å²) >= 11 is 6.05. The lowest BCUT2D eigenvalue weighted by Crippen LogP contribution is -1.93. The minimum atomic E-state index is 0.358. The number of pyridine rings is 1. The van der Waals surface area contributed by atoms with Crippen LogP contribution in [0.4, 0.5) is 0 Å². The summed E-state index contributed by atoms with van der Waals surface area (Å²) in [5.74, 6) is 0. The van der Waals surface area contributed by atoms with Gasteiger partial charge in [-0.05, 0) is 19.1 Å². The first-order chi connectivity index (χ1) is 6.76. The molecule has 0 aliphatic rings. The fourth-order valence-corrected chi connectivity index (χ4v) is 1.79. The molecule has 0 unspecified atom stereocenters. The van der Waals surface area contributed by atoms with Crippen molar-refractivity contribution in [2.75, 3.05) is 0 Å². The van der Waals surface area contributed by atoms with Crippen LogP contribution in [-0.4, -0.2) is 9.55 Å². The highest BCUT2D eigenvalue weighted by Crippen LogP contribution is 2.23. The minimum absolute atomic E-state index is 0.358. The molecule has 0 radical (unpaired) electrons. The van der Waals surface area contributed by atoms with Crippen LogP contribution in [-0.2, 0) is 6.54 Å². The number of hydrogen-bond donors (Lipinski definition) is 0. The molecule has 0 bridgehead atoms. The molecule has 0 atom stereocenters. The Morgan fingerprint density at radius 2 is 2.43 bits per heavy atom. The summed E-state index contributed by atoms with van der Waals surface area (Å²) in [6.07, 6.45) is 1.92.